The van der Waals surface area contributed by atoms with Crippen LogP contribution in [0.3, 0.4) is 0 Å². The highest BCUT2D eigenvalue weighted by atomic mass is 16.6. The molecular weight excluding hydrogens is 358 g/mol. The molecule has 0 spiro atoms. The Balaban J connectivity index is 2.12. The Bertz CT molecular complexity index is 807. The number of benzene rings is 1. The van der Waals surface area contributed by atoms with Crippen molar-refractivity contribution in [2.24, 2.45) is 0 Å². The second kappa shape index (κ2) is 7.80. The van der Waals surface area contributed by atoms with Gasteiger partial charge in [0.1, 0.15) is 18.5 Å². The molecule has 1 aliphatic heterocycles. The predicted octanol–water partition coefficient (Wildman–Crippen LogP) is -0.0658. The van der Waals surface area contributed by atoms with Crippen molar-refractivity contribution in [3.63, 3.8) is 0 Å². The first-order chi connectivity index (χ1) is 13.0. The summed E-state index contributed by atoms with van der Waals surface area (Å²) in [6.07, 6.45) is -3.57. The van der Waals surface area contributed by atoms with Crippen molar-refractivity contribution in [1.29, 1.82) is 0 Å². The van der Waals surface area contributed by atoms with E-state index in [1.54, 1.807) is 30.3 Å². The molecule has 11 nitrogen and oxygen atoms in total. The minimum absolute atomic E-state index is 0.0887. The number of aliphatic hydroxyl groups excluding tert-OH is 3. The Morgan fingerprint density at radius 2 is 1.93 bits per heavy atom. The molecule has 1 saturated heterocycles. The van der Waals surface area contributed by atoms with E-state index in [1.807, 2.05) is 0 Å². The number of ether oxygens (including phenoxy) is 1. The van der Waals surface area contributed by atoms with E-state index in [0.717, 1.165) is 6.33 Å². The fraction of sp³-hybridized carbons (Fsp3) is 0.375. The third-order valence-corrected chi connectivity index (χ3v) is 4.28. The molecule has 2 aromatic rings. The van der Waals surface area contributed by atoms with Gasteiger partial charge >= 0.3 is 5.69 Å². The van der Waals surface area contributed by atoms with Crippen LogP contribution in [0, 0.1) is 10.1 Å². The van der Waals surface area contributed by atoms with Crippen molar-refractivity contribution in [2.45, 2.75) is 31.0 Å². The maximum Gasteiger partial charge on any atom is 0.353 e. The molecule has 11 heteroatoms. The van der Waals surface area contributed by atoms with Crippen molar-refractivity contribution < 1.29 is 25.0 Å². The fourth-order valence-corrected chi connectivity index (χ4v) is 3.02. The number of para-hydroxylation sites is 1. The van der Waals surface area contributed by atoms with Gasteiger partial charge in [0.15, 0.2) is 6.23 Å². The summed E-state index contributed by atoms with van der Waals surface area (Å²) in [5.41, 5.74) is 5.55. The molecule has 1 fully saturated rings. The highest BCUT2D eigenvalue weighted by molar-refractivity contribution is 5.74. The van der Waals surface area contributed by atoms with E-state index in [4.69, 9.17) is 15.6 Å². The number of rotatable bonds is 6. The molecule has 0 radical (unpaired) electrons. The molecule has 2 heterocycles. The predicted molar refractivity (Wildman–Crippen MR) is 94.1 cm³/mol. The lowest BCUT2D eigenvalue weighted by Crippen LogP contribution is -2.42. The van der Waals surface area contributed by atoms with Gasteiger partial charge in [0.2, 0.25) is 11.6 Å². The van der Waals surface area contributed by atoms with Crippen LogP contribution in [0.2, 0.25) is 0 Å². The lowest BCUT2D eigenvalue weighted by Gasteiger charge is -2.31. The fourth-order valence-electron chi connectivity index (χ4n) is 3.02. The molecule has 3 rings (SSSR count). The highest BCUT2D eigenvalue weighted by Crippen LogP contribution is 2.39. The van der Waals surface area contributed by atoms with Crippen molar-refractivity contribution in [3.8, 4) is 0 Å². The largest absolute Gasteiger partial charge is 0.396 e. The Kier molecular flexibility index (Phi) is 5.46. The lowest BCUT2D eigenvalue weighted by atomic mass is 10.1. The second-order valence-corrected chi connectivity index (χ2v) is 5.95. The quantitative estimate of drug-likeness (QED) is 0.395. The van der Waals surface area contributed by atoms with E-state index in [2.05, 4.69) is 9.97 Å². The first-order valence-corrected chi connectivity index (χ1v) is 8.17. The summed E-state index contributed by atoms with van der Waals surface area (Å²) in [6, 6.07) is 8.43. The maximum absolute atomic E-state index is 11.5. The monoisotopic (exact) mass is 377 g/mol. The molecule has 27 heavy (non-hydrogen) atoms. The van der Waals surface area contributed by atoms with Crippen LogP contribution in [0.25, 0.3) is 0 Å². The van der Waals surface area contributed by atoms with Crippen molar-refractivity contribution in [1.82, 2.24) is 9.97 Å². The van der Waals surface area contributed by atoms with E-state index >= 15 is 0 Å². The molecule has 5 N–H and O–H groups in total. The molecule has 1 aromatic carbocycles. The van der Waals surface area contributed by atoms with E-state index in [9.17, 15) is 20.3 Å². The van der Waals surface area contributed by atoms with Crippen LogP contribution < -0.4 is 10.6 Å². The SMILES string of the molecule is Nc1ncnc(N(c2ccccc2)C2OC(CCO)C(O)C2O)c1[N+](=O)[O-]. The normalized spacial score (nSPS) is 24.7. The third-order valence-electron chi connectivity index (χ3n) is 4.28. The zero-order chi connectivity index (χ0) is 19.6. The van der Waals surface area contributed by atoms with Gasteiger partial charge in [-0.2, -0.15) is 0 Å². The average molecular weight is 377 g/mol. The standard InChI is InChI=1S/C16H19N5O6/c17-14-11(21(25)26)15(19-8-18-14)20(9-4-2-1-3-5-9)16-13(24)12(23)10(27-16)6-7-22/h1-5,8,10,12-13,16,22-24H,6-7H2,(H2,17,18,19). The summed E-state index contributed by atoms with van der Waals surface area (Å²) in [4.78, 5) is 19.8. The Labute approximate surface area is 153 Å². The minimum atomic E-state index is -1.41. The Morgan fingerprint density at radius 1 is 1.22 bits per heavy atom. The number of nitro groups is 1. The molecule has 0 bridgehead atoms. The summed E-state index contributed by atoms with van der Waals surface area (Å²) >= 11 is 0. The first kappa shape index (κ1) is 18.9. The number of hydrogen-bond acceptors (Lipinski definition) is 10. The molecule has 1 aliphatic rings. The summed E-state index contributed by atoms with van der Waals surface area (Å²) in [5.74, 6) is -0.523. The number of anilines is 3. The Morgan fingerprint density at radius 3 is 2.56 bits per heavy atom. The van der Waals surface area contributed by atoms with Gasteiger partial charge in [0.05, 0.1) is 11.0 Å². The number of nitrogens with zero attached hydrogens (tertiary/aromatic N) is 4. The first-order valence-electron chi connectivity index (χ1n) is 8.17. The van der Waals surface area contributed by atoms with Crippen molar-refractivity contribution in [2.75, 3.05) is 17.2 Å². The van der Waals surface area contributed by atoms with Gasteiger partial charge in [0.25, 0.3) is 0 Å². The van der Waals surface area contributed by atoms with E-state index < -0.39 is 35.2 Å². The molecule has 4 atom stereocenters. The number of aliphatic hydroxyl groups is 3. The number of aromatic nitrogens is 2. The summed E-state index contributed by atoms with van der Waals surface area (Å²) in [7, 11) is 0. The summed E-state index contributed by atoms with van der Waals surface area (Å²) in [5, 5.41) is 41.4. The van der Waals surface area contributed by atoms with Crippen LogP contribution in [0.15, 0.2) is 36.7 Å². The molecule has 1 aromatic heterocycles. The van der Waals surface area contributed by atoms with Crippen LogP contribution in [-0.2, 0) is 4.74 Å². The van der Waals surface area contributed by atoms with Gasteiger partial charge in [-0.25, -0.2) is 9.97 Å². The third kappa shape index (κ3) is 3.53. The zero-order valence-electron chi connectivity index (χ0n) is 14.1. The van der Waals surface area contributed by atoms with Crippen LogP contribution in [0.4, 0.5) is 23.0 Å². The van der Waals surface area contributed by atoms with Gasteiger partial charge in [-0.05, 0) is 18.6 Å². The molecular formula is C16H19N5O6. The topological polar surface area (TPSA) is 168 Å². The second-order valence-electron chi connectivity index (χ2n) is 5.95. The number of nitrogen functional groups attached to an aromatic ring is 1. The average Bonchev–Trinajstić information content (AvgIpc) is 2.92. The van der Waals surface area contributed by atoms with Gasteiger partial charge < -0.3 is 25.8 Å². The lowest BCUT2D eigenvalue weighted by molar-refractivity contribution is -0.383. The van der Waals surface area contributed by atoms with Crippen LogP contribution in [0.1, 0.15) is 6.42 Å². The van der Waals surface area contributed by atoms with Gasteiger partial charge in [-0.15, -0.1) is 0 Å². The molecule has 144 valence electrons. The summed E-state index contributed by atoms with van der Waals surface area (Å²) in [6.45, 7) is -0.257. The van der Waals surface area contributed by atoms with E-state index in [1.165, 1.54) is 4.90 Å². The van der Waals surface area contributed by atoms with Crippen molar-refractivity contribution >= 4 is 23.0 Å². The highest BCUT2D eigenvalue weighted by Gasteiger charge is 2.47. The molecule has 0 aliphatic carbocycles. The summed E-state index contributed by atoms with van der Waals surface area (Å²) < 4.78 is 5.71. The van der Waals surface area contributed by atoms with E-state index in [0.29, 0.717) is 5.69 Å². The smallest absolute Gasteiger partial charge is 0.353 e. The number of nitrogens with two attached hydrogens (primary N) is 1. The molecule has 0 amide bonds. The van der Waals surface area contributed by atoms with Gasteiger partial charge in [-0.1, -0.05) is 18.2 Å². The minimum Gasteiger partial charge on any atom is -0.396 e. The maximum atomic E-state index is 11.5. The number of hydrogen-bond donors (Lipinski definition) is 4. The van der Waals surface area contributed by atoms with Crippen LogP contribution >= 0.6 is 0 Å². The Hall–Kier alpha value is -2.86. The zero-order valence-corrected chi connectivity index (χ0v) is 14.1. The van der Waals surface area contributed by atoms with Gasteiger partial charge in [0, 0.05) is 12.3 Å². The van der Waals surface area contributed by atoms with Gasteiger partial charge in [-0.3, -0.25) is 15.0 Å². The van der Waals surface area contributed by atoms with Crippen LogP contribution in [0.5, 0.6) is 0 Å². The van der Waals surface area contributed by atoms with E-state index in [-0.39, 0.29) is 24.7 Å². The van der Waals surface area contributed by atoms with Crippen molar-refractivity contribution in [3.05, 3.63) is 46.8 Å². The molecule has 0 saturated carbocycles. The molecule has 4 unspecified atom stereocenters. The van der Waals surface area contributed by atoms with Crippen LogP contribution in [-0.4, -0.2) is 61.4 Å².